The molecule has 0 spiro atoms. The molecule has 1 heterocycles. The molecule has 0 saturated carbocycles. The van der Waals surface area contributed by atoms with Crippen molar-refractivity contribution in [1.29, 1.82) is 10.5 Å². The van der Waals surface area contributed by atoms with E-state index in [-0.39, 0.29) is 29.8 Å². The van der Waals surface area contributed by atoms with Crippen LogP contribution in [0.2, 0.25) is 0 Å². The number of halogens is 2. The Kier molecular flexibility index (Phi) is 3.87. The van der Waals surface area contributed by atoms with Gasteiger partial charge in [0.15, 0.2) is 0 Å². The first-order valence-electron chi connectivity index (χ1n) is 4.41. The number of hydrogen-bond donors (Lipinski definition) is 1. The highest BCUT2D eigenvalue weighted by Crippen LogP contribution is 2.27. The van der Waals surface area contributed by atoms with Gasteiger partial charge in [-0.15, -0.1) is 0 Å². The lowest BCUT2D eigenvalue weighted by molar-refractivity contribution is 0.149. The van der Waals surface area contributed by atoms with Gasteiger partial charge in [-0.05, 0) is 5.56 Å². The van der Waals surface area contributed by atoms with Gasteiger partial charge in [0.2, 0.25) is 0 Å². The Morgan fingerprint density at radius 3 is 2.56 bits per heavy atom. The number of nitriles is 2. The zero-order valence-electron chi connectivity index (χ0n) is 8.24. The van der Waals surface area contributed by atoms with Gasteiger partial charge in [-0.3, -0.25) is 4.98 Å². The van der Waals surface area contributed by atoms with E-state index in [1.54, 1.807) is 12.1 Å². The van der Waals surface area contributed by atoms with Crippen LogP contribution in [0.25, 0.3) is 0 Å². The van der Waals surface area contributed by atoms with Crippen LogP contribution in [0.3, 0.4) is 0 Å². The third-order valence-electron chi connectivity index (χ3n) is 2.08. The third-order valence-corrected chi connectivity index (χ3v) is 2.08. The van der Waals surface area contributed by atoms with Crippen molar-refractivity contribution < 1.29 is 8.78 Å². The molecule has 1 aromatic rings. The van der Waals surface area contributed by atoms with Gasteiger partial charge in [0, 0.05) is 18.3 Å². The highest BCUT2D eigenvalue weighted by atomic mass is 19.3. The van der Waals surface area contributed by atoms with E-state index in [2.05, 4.69) is 4.98 Å². The maximum atomic E-state index is 12.8. The van der Waals surface area contributed by atoms with E-state index in [0.717, 1.165) is 0 Å². The van der Waals surface area contributed by atoms with Gasteiger partial charge in [-0.2, -0.15) is 10.5 Å². The quantitative estimate of drug-likeness (QED) is 0.837. The fourth-order valence-corrected chi connectivity index (χ4v) is 1.35. The standard InChI is InChI=1S/C10H8F2N4/c11-10(12)9-6(3-14)5-16-8(1-2-13)7(9)4-15/h5,10H,1,3,14H2. The molecule has 0 saturated heterocycles. The first-order valence-corrected chi connectivity index (χ1v) is 4.41. The molecule has 0 bridgehead atoms. The summed E-state index contributed by atoms with van der Waals surface area (Å²) in [4.78, 5) is 3.79. The average molecular weight is 222 g/mol. The normalized spacial score (nSPS) is 9.88. The van der Waals surface area contributed by atoms with E-state index < -0.39 is 12.0 Å². The summed E-state index contributed by atoms with van der Waals surface area (Å²) in [6.07, 6.45) is -1.78. The molecule has 2 N–H and O–H groups in total. The second-order valence-corrected chi connectivity index (χ2v) is 2.97. The molecule has 1 aromatic heterocycles. The Morgan fingerprint density at radius 1 is 1.44 bits per heavy atom. The second-order valence-electron chi connectivity index (χ2n) is 2.97. The number of rotatable bonds is 3. The van der Waals surface area contributed by atoms with Crippen LogP contribution in [0.1, 0.15) is 28.8 Å². The van der Waals surface area contributed by atoms with Crippen molar-refractivity contribution >= 4 is 0 Å². The molecule has 0 atom stereocenters. The molecule has 0 amide bonds. The minimum absolute atomic E-state index is 0.0671. The molecular weight excluding hydrogens is 214 g/mol. The van der Waals surface area contributed by atoms with Crippen LogP contribution in [-0.4, -0.2) is 4.98 Å². The molecule has 0 aliphatic rings. The summed E-state index contributed by atoms with van der Waals surface area (Å²) in [6, 6.07) is 3.43. The van der Waals surface area contributed by atoms with Gasteiger partial charge in [-0.25, -0.2) is 8.78 Å². The van der Waals surface area contributed by atoms with Gasteiger partial charge in [0.1, 0.15) is 6.07 Å². The SMILES string of the molecule is N#CCc1ncc(CN)c(C(F)F)c1C#N. The summed E-state index contributed by atoms with van der Waals surface area (Å²) in [5, 5.41) is 17.3. The molecule has 0 radical (unpaired) electrons. The molecule has 0 aromatic carbocycles. The maximum absolute atomic E-state index is 12.8. The number of hydrogen-bond acceptors (Lipinski definition) is 4. The van der Waals surface area contributed by atoms with Gasteiger partial charge in [-0.1, -0.05) is 0 Å². The van der Waals surface area contributed by atoms with E-state index in [0.29, 0.717) is 0 Å². The molecule has 6 heteroatoms. The van der Waals surface area contributed by atoms with Crippen molar-refractivity contribution in [3.05, 3.63) is 28.6 Å². The summed E-state index contributed by atoms with van der Waals surface area (Å²) in [5.41, 5.74) is 4.84. The molecule has 1 rings (SSSR count). The van der Waals surface area contributed by atoms with Crippen LogP contribution >= 0.6 is 0 Å². The van der Waals surface area contributed by atoms with Crippen LogP contribution < -0.4 is 5.73 Å². The van der Waals surface area contributed by atoms with Crippen LogP contribution in [-0.2, 0) is 13.0 Å². The molecule has 82 valence electrons. The van der Waals surface area contributed by atoms with E-state index in [1.165, 1.54) is 6.20 Å². The lowest BCUT2D eigenvalue weighted by atomic mass is 10.0. The predicted octanol–water partition coefficient (Wildman–Crippen LogP) is 1.42. The Morgan fingerprint density at radius 2 is 2.12 bits per heavy atom. The highest BCUT2D eigenvalue weighted by Gasteiger charge is 2.21. The van der Waals surface area contributed by atoms with Crippen LogP contribution in [0.5, 0.6) is 0 Å². The van der Waals surface area contributed by atoms with Crippen molar-refractivity contribution in [3.8, 4) is 12.1 Å². The summed E-state index contributed by atoms with van der Waals surface area (Å²) >= 11 is 0. The van der Waals surface area contributed by atoms with Crippen molar-refractivity contribution in [1.82, 2.24) is 4.98 Å². The third kappa shape index (κ3) is 2.13. The maximum Gasteiger partial charge on any atom is 0.265 e. The predicted molar refractivity (Wildman–Crippen MR) is 51.1 cm³/mol. The minimum atomic E-state index is -2.80. The highest BCUT2D eigenvalue weighted by molar-refractivity contribution is 5.46. The Hall–Kier alpha value is -2.05. The lowest BCUT2D eigenvalue weighted by Gasteiger charge is -2.10. The number of nitrogens with two attached hydrogens (primary N) is 1. The largest absolute Gasteiger partial charge is 0.326 e. The van der Waals surface area contributed by atoms with Gasteiger partial charge in [0.25, 0.3) is 6.43 Å². The topological polar surface area (TPSA) is 86.5 Å². The molecule has 0 fully saturated rings. The van der Waals surface area contributed by atoms with E-state index in [1.807, 2.05) is 0 Å². The van der Waals surface area contributed by atoms with E-state index >= 15 is 0 Å². The van der Waals surface area contributed by atoms with Crippen molar-refractivity contribution in [3.63, 3.8) is 0 Å². The first-order chi connectivity index (χ1) is 7.65. The monoisotopic (exact) mass is 222 g/mol. The number of aromatic nitrogens is 1. The Bertz CT molecular complexity index is 471. The molecular formula is C10H8F2N4. The summed E-state index contributed by atoms with van der Waals surface area (Å²) in [7, 11) is 0. The van der Waals surface area contributed by atoms with Crippen molar-refractivity contribution in [2.75, 3.05) is 0 Å². The fourth-order valence-electron chi connectivity index (χ4n) is 1.35. The minimum Gasteiger partial charge on any atom is -0.326 e. The number of alkyl halides is 2. The molecule has 0 aliphatic carbocycles. The number of nitrogens with zero attached hydrogens (tertiary/aromatic N) is 3. The summed E-state index contributed by atoms with van der Waals surface area (Å²) < 4.78 is 25.5. The van der Waals surface area contributed by atoms with Crippen molar-refractivity contribution in [2.45, 2.75) is 19.4 Å². The van der Waals surface area contributed by atoms with Gasteiger partial charge in [0.05, 0.1) is 23.7 Å². The van der Waals surface area contributed by atoms with Crippen LogP contribution in [0.15, 0.2) is 6.20 Å². The van der Waals surface area contributed by atoms with E-state index in [4.69, 9.17) is 16.3 Å². The van der Waals surface area contributed by atoms with Gasteiger partial charge >= 0.3 is 0 Å². The Labute approximate surface area is 90.9 Å². The summed E-state index contributed by atoms with van der Waals surface area (Å²) in [6.45, 7) is -0.117. The first kappa shape index (κ1) is 12.0. The number of pyridine rings is 1. The zero-order valence-corrected chi connectivity index (χ0v) is 8.24. The fraction of sp³-hybridized carbons (Fsp3) is 0.300. The lowest BCUT2D eigenvalue weighted by Crippen LogP contribution is -2.08. The molecule has 4 nitrogen and oxygen atoms in total. The van der Waals surface area contributed by atoms with Gasteiger partial charge < -0.3 is 5.73 Å². The second kappa shape index (κ2) is 5.15. The molecule has 16 heavy (non-hydrogen) atoms. The molecule has 0 aliphatic heterocycles. The van der Waals surface area contributed by atoms with Crippen LogP contribution in [0, 0.1) is 22.7 Å². The van der Waals surface area contributed by atoms with Crippen molar-refractivity contribution in [2.24, 2.45) is 5.73 Å². The zero-order chi connectivity index (χ0) is 12.1. The van der Waals surface area contributed by atoms with E-state index in [9.17, 15) is 8.78 Å². The van der Waals surface area contributed by atoms with Crippen LogP contribution in [0.4, 0.5) is 8.78 Å². The smallest absolute Gasteiger partial charge is 0.265 e. The average Bonchev–Trinajstić information content (AvgIpc) is 2.28. The summed E-state index contributed by atoms with van der Waals surface area (Å²) in [5.74, 6) is 0. The molecule has 0 unspecified atom stereocenters. The Balaban J connectivity index is 3.46.